The van der Waals surface area contributed by atoms with Gasteiger partial charge in [-0.1, -0.05) is 11.3 Å². The fraction of sp³-hybridized carbons (Fsp3) is 0.395. The van der Waals surface area contributed by atoms with Crippen LogP contribution in [0.15, 0.2) is 54.9 Å². The van der Waals surface area contributed by atoms with Gasteiger partial charge in [-0.2, -0.15) is 10.4 Å². The minimum atomic E-state index is -0.995. The van der Waals surface area contributed by atoms with Crippen LogP contribution in [0.4, 0.5) is 11.4 Å². The maximum atomic E-state index is 13.4. The fourth-order valence-electron chi connectivity index (χ4n) is 8.96. The number of nitrogens with one attached hydrogen (secondary N) is 2. The highest BCUT2D eigenvalue weighted by molar-refractivity contribution is 7.14. The van der Waals surface area contributed by atoms with E-state index in [0.717, 1.165) is 87.5 Å². The van der Waals surface area contributed by atoms with Gasteiger partial charge in [-0.3, -0.25) is 44.1 Å². The van der Waals surface area contributed by atoms with Crippen molar-refractivity contribution in [1.82, 2.24) is 44.8 Å². The number of pyridine rings is 1. The molecule has 4 aliphatic rings. The third-order valence-electron chi connectivity index (χ3n) is 12.5. The Bertz CT molecular complexity index is 2620. The lowest BCUT2D eigenvalue weighted by molar-refractivity contribution is -0.136. The van der Waals surface area contributed by atoms with Gasteiger partial charge in [0.1, 0.15) is 17.1 Å². The van der Waals surface area contributed by atoms with E-state index in [2.05, 4.69) is 41.8 Å². The van der Waals surface area contributed by atoms with Crippen LogP contribution in [-0.2, 0) is 14.4 Å². The number of aromatic nitrogens is 5. The number of rotatable bonds is 10. The number of piperidine rings is 1. The highest BCUT2D eigenvalue weighted by Crippen LogP contribution is 2.40. The molecule has 1 unspecified atom stereocenters. The summed E-state index contributed by atoms with van der Waals surface area (Å²) in [5.74, 6) is -1.65. The van der Waals surface area contributed by atoms with Crippen LogP contribution in [0, 0.1) is 11.3 Å². The van der Waals surface area contributed by atoms with Crippen LogP contribution in [-0.4, -0.2) is 128 Å². The number of fused-ring (bicyclic) bond motifs is 2. The predicted octanol–water partition coefficient (Wildman–Crippen LogP) is 3.93. The van der Waals surface area contributed by atoms with Crippen molar-refractivity contribution in [3.05, 3.63) is 76.6 Å². The third kappa shape index (κ3) is 7.59. The number of piperazine rings is 1. The fourth-order valence-corrected chi connectivity index (χ4v) is 10.0. The van der Waals surface area contributed by atoms with Gasteiger partial charge in [0.05, 0.1) is 45.4 Å². The van der Waals surface area contributed by atoms with Crippen LogP contribution in [0.2, 0.25) is 0 Å². The number of hydrogen-bond acceptors (Lipinski definition) is 14. The van der Waals surface area contributed by atoms with Crippen LogP contribution in [0.25, 0.3) is 27.5 Å². The second kappa shape index (κ2) is 16.5. The average Bonchev–Trinajstić information content (AvgIpc) is 4.02. The van der Waals surface area contributed by atoms with Crippen molar-refractivity contribution < 1.29 is 24.0 Å². The van der Waals surface area contributed by atoms with Crippen molar-refractivity contribution in [2.75, 3.05) is 57.0 Å². The number of nitriles is 1. The molecular formula is C43H44N12O5S. The molecular weight excluding hydrogens is 797 g/mol. The Morgan fingerprint density at radius 2 is 1.72 bits per heavy atom. The maximum absolute atomic E-state index is 13.4. The Hall–Kier alpha value is -6.58. The molecule has 0 bridgehead atoms. The van der Waals surface area contributed by atoms with Gasteiger partial charge in [-0.25, -0.2) is 4.52 Å². The second-order valence-corrected chi connectivity index (χ2v) is 17.0. The zero-order chi connectivity index (χ0) is 42.4. The molecule has 3 fully saturated rings. The van der Waals surface area contributed by atoms with Crippen molar-refractivity contribution in [3.8, 4) is 28.0 Å². The normalized spacial score (nSPS) is 20.8. The third-order valence-corrected chi connectivity index (χ3v) is 13.6. The molecule has 2 saturated heterocycles. The number of imide groups is 2. The zero-order valence-electron chi connectivity index (χ0n) is 33.8. The van der Waals surface area contributed by atoms with E-state index >= 15 is 0 Å². The molecule has 61 heavy (non-hydrogen) atoms. The number of anilines is 2. The topological polar surface area (TPSA) is 202 Å². The molecule has 0 radical (unpaired) electrons. The molecule has 7 heterocycles. The monoisotopic (exact) mass is 840 g/mol. The minimum Gasteiger partial charge on any atom is -0.387 e. The van der Waals surface area contributed by atoms with Crippen LogP contribution in [0.5, 0.6) is 0 Å². The summed E-state index contributed by atoms with van der Waals surface area (Å²) in [5.41, 5.74) is 5.98. The summed E-state index contributed by atoms with van der Waals surface area (Å²) < 4.78 is 1.77. The van der Waals surface area contributed by atoms with E-state index in [0.29, 0.717) is 31.6 Å². The SMILES string of the molecule is CNc1cc(-c2ccc3cc(C#N)cnn23)ncc1-c1nnc([C@H]2CC[C@H](N(C)C(=O)CCN3CCN(c4ccc5c(c4)C(=O)N(C4CCC(=O)NC4=O)C5=O)CC3)CC2)s1. The highest BCUT2D eigenvalue weighted by Gasteiger charge is 2.45. The predicted molar refractivity (Wildman–Crippen MR) is 226 cm³/mol. The average molecular weight is 841 g/mol. The van der Waals surface area contributed by atoms with Crippen molar-refractivity contribution >= 4 is 57.8 Å². The molecule has 312 valence electrons. The quantitative estimate of drug-likeness (QED) is 0.192. The van der Waals surface area contributed by atoms with Crippen LogP contribution in [0.3, 0.4) is 0 Å². The summed E-state index contributed by atoms with van der Waals surface area (Å²) in [6, 6.07) is 14.1. The Labute approximate surface area is 355 Å². The first-order valence-electron chi connectivity index (χ1n) is 20.6. The van der Waals surface area contributed by atoms with E-state index in [4.69, 9.17) is 4.98 Å². The summed E-state index contributed by atoms with van der Waals surface area (Å²) >= 11 is 1.59. The van der Waals surface area contributed by atoms with E-state index in [1.54, 1.807) is 40.2 Å². The first-order valence-corrected chi connectivity index (χ1v) is 21.4. The van der Waals surface area contributed by atoms with Crippen molar-refractivity contribution in [2.45, 2.75) is 62.9 Å². The van der Waals surface area contributed by atoms with E-state index in [9.17, 15) is 29.2 Å². The van der Waals surface area contributed by atoms with Gasteiger partial charge in [0.2, 0.25) is 17.7 Å². The van der Waals surface area contributed by atoms with Crippen LogP contribution in [0.1, 0.15) is 82.2 Å². The first-order chi connectivity index (χ1) is 29.6. The van der Waals surface area contributed by atoms with Gasteiger partial charge in [0.25, 0.3) is 11.8 Å². The van der Waals surface area contributed by atoms with Gasteiger partial charge >= 0.3 is 0 Å². The molecule has 18 heteroatoms. The summed E-state index contributed by atoms with van der Waals surface area (Å²) in [5, 5.41) is 30.2. The number of benzene rings is 1. The number of hydrogen-bond donors (Lipinski definition) is 2. The van der Waals surface area contributed by atoms with Gasteiger partial charge in [-0.15, -0.1) is 10.2 Å². The molecule has 3 aliphatic heterocycles. The Kier molecular flexibility index (Phi) is 10.8. The number of carbonyl (C=O) groups excluding carboxylic acids is 5. The lowest BCUT2D eigenvalue weighted by Crippen LogP contribution is -2.54. The molecule has 9 rings (SSSR count). The van der Waals surface area contributed by atoms with Crippen molar-refractivity contribution in [2.24, 2.45) is 0 Å². The molecule has 17 nitrogen and oxygen atoms in total. The number of carbonyl (C=O) groups is 5. The number of nitrogens with zero attached hydrogens (tertiary/aromatic N) is 10. The van der Waals surface area contributed by atoms with E-state index in [1.165, 1.54) is 0 Å². The standard InChI is InChI=1S/C43H44N12O5S/c1-45-33-21-34(35-10-8-29-19-25(22-44)23-47-55(29)35)46-24-32(33)41-50-49-40(61-41)26-3-5-27(6-4-26)51(2)38(57)13-14-52-15-17-53(18-16-52)28-7-9-30-31(20-28)43(60)54(42(30)59)36-11-12-37(56)48-39(36)58/h7-10,19-21,23-24,26-27,36H,3-6,11-18H2,1-2H3,(H,45,46)(H,48,56,58)/t26-,27-,36?. The smallest absolute Gasteiger partial charge is 0.262 e. The Morgan fingerprint density at radius 1 is 0.934 bits per heavy atom. The summed E-state index contributed by atoms with van der Waals surface area (Å²) in [6.07, 6.45) is 7.63. The first kappa shape index (κ1) is 39.9. The molecule has 2 N–H and O–H groups in total. The Balaban J connectivity index is 0.744. The molecule has 0 spiro atoms. The molecule has 1 aromatic carbocycles. The number of amides is 5. The largest absolute Gasteiger partial charge is 0.387 e. The highest BCUT2D eigenvalue weighted by atomic mass is 32.1. The summed E-state index contributed by atoms with van der Waals surface area (Å²) in [4.78, 5) is 76.0. The van der Waals surface area contributed by atoms with E-state index in [-0.39, 0.29) is 41.8 Å². The van der Waals surface area contributed by atoms with Crippen LogP contribution >= 0.6 is 11.3 Å². The van der Waals surface area contributed by atoms with Gasteiger partial charge in [-0.05, 0) is 74.6 Å². The lowest BCUT2D eigenvalue weighted by Gasteiger charge is -2.37. The Morgan fingerprint density at radius 3 is 2.48 bits per heavy atom. The molecule has 1 saturated carbocycles. The lowest BCUT2D eigenvalue weighted by atomic mass is 9.86. The van der Waals surface area contributed by atoms with Gasteiger partial charge in [0.15, 0.2) is 5.01 Å². The molecule has 5 amide bonds. The molecule has 4 aromatic heterocycles. The molecule has 5 aromatic rings. The van der Waals surface area contributed by atoms with E-state index < -0.39 is 29.7 Å². The maximum Gasteiger partial charge on any atom is 0.262 e. The van der Waals surface area contributed by atoms with Crippen molar-refractivity contribution in [1.29, 1.82) is 5.26 Å². The van der Waals surface area contributed by atoms with E-state index in [1.807, 2.05) is 49.5 Å². The molecule has 1 atom stereocenters. The summed E-state index contributed by atoms with van der Waals surface area (Å²) in [6.45, 7) is 3.56. The van der Waals surface area contributed by atoms with Gasteiger partial charge in [0, 0.05) is 89.2 Å². The zero-order valence-corrected chi connectivity index (χ0v) is 34.7. The molecule has 1 aliphatic carbocycles. The van der Waals surface area contributed by atoms with Gasteiger partial charge < -0.3 is 15.1 Å². The van der Waals surface area contributed by atoms with Crippen molar-refractivity contribution in [3.63, 3.8) is 0 Å². The minimum absolute atomic E-state index is 0.0756. The second-order valence-electron chi connectivity index (χ2n) is 16.0. The summed E-state index contributed by atoms with van der Waals surface area (Å²) in [7, 11) is 3.79. The van der Waals surface area contributed by atoms with Crippen LogP contribution < -0.4 is 15.5 Å².